The number of hydrogen-bond donors (Lipinski definition) is 2. The SMILES string of the molecule is NCCCc1nnc([C@@H]2CC3(CC3)[C@@H]3CN2C(=O)N3OS(=O)(=O)ON2C(=O)N3C[C@H]2C2(CC2)C[C@H]3c2nnc(CCCN)o2)o1. The van der Waals surface area contributed by atoms with Crippen LogP contribution in [-0.4, -0.2) is 99.1 Å². The molecule has 0 aromatic carbocycles. The third-order valence-electron chi connectivity index (χ3n) is 10.4. The maximum Gasteiger partial charge on any atom is 0.442 e. The highest BCUT2D eigenvalue weighted by Crippen LogP contribution is 2.63. The minimum absolute atomic E-state index is 0.237. The summed E-state index contributed by atoms with van der Waals surface area (Å²) >= 11 is 0. The van der Waals surface area contributed by atoms with Gasteiger partial charge in [-0.3, -0.25) is 0 Å². The number of aryl methyl sites for hydroxylation is 2. The molecule has 2 aliphatic carbocycles. The lowest BCUT2D eigenvalue weighted by Crippen LogP contribution is -2.45. The molecular formula is C26H36N10O8S. The molecule has 4 bridgehead atoms. The maximum atomic E-state index is 13.6. The van der Waals surface area contributed by atoms with E-state index in [0.29, 0.717) is 75.2 Å². The minimum atomic E-state index is -4.88. The molecule has 2 saturated carbocycles. The summed E-state index contributed by atoms with van der Waals surface area (Å²) < 4.78 is 49.3. The van der Waals surface area contributed by atoms with Gasteiger partial charge in [0.05, 0.1) is 12.1 Å². The molecule has 2 spiro atoms. The number of carbonyl (C=O) groups is 2. The number of hydrogen-bond acceptors (Lipinski definition) is 14. The van der Waals surface area contributed by atoms with Crippen LogP contribution in [0, 0.1) is 10.8 Å². The van der Waals surface area contributed by atoms with E-state index in [0.717, 1.165) is 35.8 Å². The molecule has 8 rings (SSSR count). The maximum absolute atomic E-state index is 13.6. The number of carbonyl (C=O) groups excluding carboxylic acids is 2. The van der Waals surface area contributed by atoms with E-state index in [-0.39, 0.29) is 23.9 Å². The average molecular weight is 649 g/mol. The predicted molar refractivity (Wildman–Crippen MR) is 148 cm³/mol. The first-order valence-corrected chi connectivity index (χ1v) is 16.9. The van der Waals surface area contributed by atoms with Gasteiger partial charge in [0, 0.05) is 25.9 Å². The van der Waals surface area contributed by atoms with Gasteiger partial charge in [0.2, 0.25) is 23.6 Å². The average Bonchev–Trinajstić information content (AvgIpc) is 3.74. The zero-order chi connectivity index (χ0) is 31.1. The number of amides is 4. The fourth-order valence-electron chi connectivity index (χ4n) is 7.59. The Hall–Kier alpha value is -3.39. The third kappa shape index (κ3) is 4.77. The molecule has 6 aliphatic rings. The Morgan fingerprint density at radius 3 is 1.53 bits per heavy atom. The van der Waals surface area contributed by atoms with Gasteiger partial charge in [-0.15, -0.1) is 29.0 Å². The van der Waals surface area contributed by atoms with E-state index >= 15 is 0 Å². The van der Waals surface area contributed by atoms with E-state index in [9.17, 15) is 18.0 Å². The van der Waals surface area contributed by atoms with Crippen LogP contribution >= 0.6 is 0 Å². The van der Waals surface area contributed by atoms with E-state index in [1.54, 1.807) is 0 Å². The number of piperidine rings is 2. The van der Waals surface area contributed by atoms with Crippen molar-refractivity contribution in [2.24, 2.45) is 22.3 Å². The highest BCUT2D eigenvalue weighted by molar-refractivity contribution is 7.81. The van der Waals surface area contributed by atoms with E-state index in [1.807, 2.05) is 0 Å². The highest BCUT2D eigenvalue weighted by Gasteiger charge is 2.67. The van der Waals surface area contributed by atoms with Crippen LogP contribution in [0.2, 0.25) is 0 Å². The van der Waals surface area contributed by atoms with E-state index in [1.165, 1.54) is 9.80 Å². The lowest BCUT2D eigenvalue weighted by Gasteiger charge is -2.35. The second kappa shape index (κ2) is 10.3. The summed E-state index contributed by atoms with van der Waals surface area (Å²) in [6.07, 6.45) is 6.68. The zero-order valence-electron chi connectivity index (χ0n) is 24.6. The van der Waals surface area contributed by atoms with Crippen molar-refractivity contribution in [2.45, 2.75) is 88.4 Å². The number of aromatic nitrogens is 4. The molecular weight excluding hydrogens is 612 g/mol. The van der Waals surface area contributed by atoms with Gasteiger partial charge in [-0.2, -0.15) is 18.5 Å². The van der Waals surface area contributed by atoms with Gasteiger partial charge in [-0.25, -0.2) is 9.59 Å². The van der Waals surface area contributed by atoms with Crippen molar-refractivity contribution in [1.82, 2.24) is 40.3 Å². The van der Waals surface area contributed by atoms with Crippen LogP contribution in [0.4, 0.5) is 9.59 Å². The molecule has 0 unspecified atom stereocenters. The molecule has 2 aromatic rings. The van der Waals surface area contributed by atoms with E-state index in [2.05, 4.69) is 20.4 Å². The van der Waals surface area contributed by atoms with Crippen LogP contribution in [0.1, 0.15) is 87.0 Å². The van der Waals surface area contributed by atoms with Gasteiger partial charge >= 0.3 is 22.5 Å². The highest BCUT2D eigenvalue weighted by atomic mass is 32.3. The number of rotatable bonds is 12. The molecule has 244 valence electrons. The predicted octanol–water partition coefficient (Wildman–Crippen LogP) is 0.706. The number of fused-ring (bicyclic) bond motifs is 6. The van der Waals surface area contributed by atoms with Gasteiger partial charge in [-0.1, -0.05) is 0 Å². The van der Waals surface area contributed by atoms with Crippen LogP contribution < -0.4 is 11.5 Å². The second-order valence-corrected chi connectivity index (χ2v) is 14.2. The summed E-state index contributed by atoms with van der Waals surface area (Å²) in [7, 11) is -4.88. The van der Waals surface area contributed by atoms with Crippen molar-refractivity contribution in [3.05, 3.63) is 23.6 Å². The standard InChI is InChI=1S/C26H36N10O8S/c27-9-1-3-19-29-31-21(41-19)15-11-25(5-6-25)17-13-33(15)23(37)35(17)43-45(39,40)44-36-18-14-34(24(36)38)16(12-26(18)7-8-26)22-32-30-20(42-22)4-2-10-28/h15-18H,1-14,27-28H2/t15-,16-,17-,18-/m0/s1. The van der Waals surface area contributed by atoms with Crippen LogP contribution in [-0.2, 0) is 31.8 Å². The van der Waals surface area contributed by atoms with Crippen LogP contribution in [0.3, 0.4) is 0 Å². The third-order valence-corrected chi connectivity index (χ3v) is 11.1. The van der Waals surface area contributed by atoms with Gasteiger partial charge in [0.1, 0.15) is 12.1 Å². The van der Waals surface area contributed by atoms with Crippen molar-refractivity contribution < 1.29 is 35.4 Å². The summed E-state index contributed by atoms with van der Waals surface area (Å²) in [4.78, 5) is 30.2. The normalized spacial score (nSPS) is 29.1. The lowest BCUT2D eigenvalue weighted by atomic mass is 9.85. The van der Waals surface area contributed by atoms with Crippen LogP contribution in [0.15, 0.2) is 8.83 Å². The topological polar surface area (TPSA) is 230 Å². The molecule has 2 aromatic heterocycles. The first-order chi connectivity index (χ1) is 21.7. The summed E-state index contributed by atoms with van der Waals surface area (Å²) in [6, 6.07) is -3.32. The Kier molecular flexibility index (Phi) is 6.65. The quantitative estimate of drug-likeness (QED) is 0.323. The number of hydroxylamine groups is 4. The molecule has 4 atom stereocenters. The zero-order valence-corrected chi connectivity index (χ0v) is 25.4. The Morgan fingerprint density at radius 2 is 1.16 bits per heavy atom. The van der Waals surface area contributed by atoms with Crippen molar-refractivity contribution >= 4 is 22.5 Å². The molecule has 4 aliphatic heterocycles. The number of nitrogens with two attached hydrogens (primary N) is 2. The largest absolute Gasteiger partial charge is 0.442 e. The molecule has 4 saturated heterocycles. The summed E-state index contributed by atoms with van der Waals surface area (Å²) in [5.74, 6) is 1.50. The molecule has 6 fully saturated rings. The summed E-state index contributed by atoms with van der Waals surface area (Å²) in [5, 5.41) is 18.3. The Labute approximate surface area is 258 Å². The number of nitrogens with zero attached hydrogens (tertiary/aromatic N) is 8. The molecule has 4 N–H and O–H groups in total. The number of urea groups is 2. The molecule has 6 heterocycles. The first-order valence-electron chi connectivity index (χ1n) is 15.5. The molecule has 18 nitrogen and oxygen atoms in total. The Morgan fingerprint density at radius 1 is 0.733 bits per heavy atom. The van der Waals surface area contributed by atoms with Crippen LogP contribution in [0.25, 0.3) is 0 Å². The molecule has 0 radical (unpaired) electrons. The van der Waals surface area contributed by atoms with Crippen molar-refractivity contribution in [1.29, 1.82) is 0 Å². The second-order valence-electron chi connectivity index (χ2n) is 13.1. The Bertz CT molecular complexity index is 1500. The van der Waals surface area contributed by atoms with Gasteiger partial charge in [0.25, 0.3) is 0 Å². The lowest BCUT2D eigenvalue weighted by molar-refractivity contribution is -0.101. The molecule has 19 heteroatoms. The van der Waals surface area contributed by atoms with Crippen molar-refractivity contribution in [2.75, 3.05) is 26.2 Å². The van der Waals surface area contributed by atoms with Gasteiger partial charge < -0.3 is 30.1 Å². The van der Waals surface area contributed by atoms with Gasteiger partial charge in [0.15, 0.2) is 0 Å². The van der Waals surface area contributed by atoms with Crippen molar-refractivity contribution in [3.63, 3.8) is 0 Å². The Balaban J connectivity index is 0.985. The summed E-state index contributed by atoms with van der Waals surface area (Å²) in [5.41, 5.74) is 10.5. The van der Waals surface area contributed by atoms with E-state index in [4.69, 9.17) is 28.9 Å². The minimum Gasteiger partial charge on any atom is -0.423 e. The molecule has 4 amide bonds. The smallest absolute Gasteiger partial charge is 0.423 e. The van der Waals surface area contributed by atoms with Gasteiger partial charge in [-0.05, 0) is 75.3 Å². The monoisotopic (exact) mass is 648 g/mol. The first kappa shape index (κ1) is 29.0. The van der Waals surface area contributed by atoms with Crippen molar-refractivity contribution in [3.8, 4) is 0 Å². The fraction of sp³-hybridized carbons (Fsp3) is 0.769. The van der Waals surface area contributed by atoms with Crippen LogP contribution in [0.5, 0.6) is 0 Å². The van der Waals surface area contributed by atoms with E-state index < -0.39 is 46.6 Å². The summed E-state index contributed by atoms with van der Waals surface area (Å²) in [6.45, 7) is 1.44. The molecule has 45 heavy (non-hydrogen) atoms. The fourth-order valence-corrected chi connectivity index (χ4v) is 8.35.